The van der Waals surface area contributed by atoms with Crippen LogP contribution in [0, 0.1) is 0 Å². The first-order valence-electron chi connectivity index (χ1n) is 8.41. The van der Waals surface area contributed by atoms with Gasteiger partial charge in [0.2, 0.25) is 5.82 Å². The highest BCUT2D eigenvalue weighted by Gasteiger charge is 2.18. The van der Waals surface area contributed by atoms with Crippen molar-refractivity contribution in [3.05, 3.63) is 42.5 Å². The van der Waals surface area contributed by atoms with E-state index in [-0.39, 0.29) is 0 Å². The fourth-order valence-electron chi connectivity index (χ4n) is 3.21. The Labute approximate surface area is 140 Å². The van der Waals surface area contributed by atoms with Gasteiger partial charge in [0.25, 0.3) is 0 Å². The summed E-state index contributed by atoms with van der Waals surface area (Å²) in [5.74, 6) is 1.48. The molecular formula is C17H20N6O. The number of nitrogens with zero attached hydrogens (tertiary/aromatic N) is 5. The van der Waals surface area contributed by atoms with Crippen molar-refractivity contribution in [1.82, 2.24) is 24.9 Å². The number of anilines is 1. The van der Waals surface area contributed by atoms with E-state index >= 15 is 0 Å². The summed E-state index contributed by atoms with van der Waals surface area (Å²) in [7, 11) is 0. The third-order valence-electron chi connectivity index (χ3n) is 4.47. The number of rotatable bonds is 5. The number of aromatic nitrogens is 5. The Bertz CT molecular complexity index is 775. The number of hydrogen-bond acceptors (Lipinski definition) is 6. The third kappa shape index (κ3) is 3.15. The third-order valence-corrected chi connectivity index (χ3v) is 4.47. The van der Waals surface area contributed by atoms with Gasteiger partial charge in [0.15, 0.2) is 5.82 Å². The summed E-state index contributed by atoms with van der Waals surface area (Å²) in [6.45, 7) is 0.521. The van der Waals surface area contributed by atoms with Crippen LogP contribution in [0.2, 0.25) is 0 Å². The van der Waals surface area contributed by atoms with Crippen molar-refractivity contribution >= 4 is 6.01 Å². The van der Waals surface area contributed by atoms with E-state index in [1.54, 1.807) is 0 Å². The second-order valence-electron chi connectivity index (χ2n) is 6.09. The molecule has 0 aliphatic heterocycles. The largest absolute Gasteiger partial charge is 0.330 e. The Morgan fingerprint density at radius 1 is 1.12 bits per heavy atom. The van der Waals surface area contributed by atoms with Crippen LogP contribution in [-0.4, -0.2) is 24.9 Å². The Morgan fingerprint density at radius 3 is 2.79 bits per heavy atom. The molecule has 1 aliphatic rings. The lowest BCUT2D eigenvalue weighted by Crippen LogP contribution is -2.16. The van der Waals surface area contributed by atoms with E-state index in [9.17, 15) is 0 Å². The molecule has 1 saturated carbocycles. The Morgan fingerprint density at radius 2 is 1.96 bits per heavy atom. The molecule has 0 bridgehead atoms. The highest BCUT2D eigenvalue weighted by molar-refractivity contribution is 5.54. The molecule has 24 heavy (non-hydrogen) atoms. The van der Waals surface area contributed by atoms with E-state index in [4.69, 9.17) is 4.52 Å². The Hall–Kier alpha value is -2.70. The SMILES string of the molecule is c1ccc(-c2noc(NCc3nncn3C3CCCCC3)n2)cc1. The molecule has 1 N–H and O–H groups in total. The average molecular weight is 324 g/mol. The molecule has 2 aromatic heterocycles. The standard InChI is InChI=1S/C17H20N6O/c1-3-7-13(8-4-1)16-20-17(24-22-16)18-11-15-21-19-12-23(15)14-9-5-2-6-10-14/h1,3-4,7-8,12,14H,2,5-6,9-11H2,(H,18,20,22). The molecule has 1 aliphatic carbocycles. The molecule has 3 aromatic rings. The second kappa shape index (κ2) is 6.82. The Kier molecular flexibility index (Phi) is 4.22. The first-order chi connectivity index (χ1) is 11.9. The van der Waals surface area contributed by atoms with Crippen molar-refractivity contribution < 1.29 is 4.52 Å². The quantitative estimate of drug-likeness (QED) is 0.774. The summed E-state index contributed by atoms with van der Waals surface area (Å²) >= 11 is 0. The first kappa shape index (κ1) is 14.9. The second-order valence-corrected chi connectivity index (χ2v) is 6.09. The van der Waals surface area contributed by atoms with Gasteiger partial charge in [0.1, 0.15) is 6.33 Å². The van der Waals surface area contributed by atoms with E-state index in [1.165, 1.54) is 32.1 Å². The molecule has 2 heterocycles. The van der Waals surface area contributed by atoms with Crippen LogP contribution in [0.25, 0.3) is 11.4 Å². The Balaban J connectivity index is 1.43. The normalized spacial score (nSPS) is 15.5. The van der Waals surface area contributed by atoms with Crippen molar-refractivity contribution in [2.45, 2.75) is 44.7 Å². The lowest BCUT2D eigenvalue weighted by Gasteiger charge is -2.23. The molecular weight excluding hydrogens is 304 g/mol. The van der Waals surface area contributed by atoms with Gasteiger partial charge in [-0.2, -0.15) is 4.98 Å². The maximum atomic E-state index is 5.27. The number of benzene rings is 1. The van der Waals surface area contributed by atoms with Crippen LogP contribution in [0.4, 0.5) is 6.01 Å². The molecule has 1 aromatic carbocycles. The van der Waals surface area contributed by atoms with E-state index in [2.05, 4.69) is 30.2 Å². The predicted octanol–water partition coefficient (Wildman–Crippen LogP) is 3.45. The summed E-state index contributed by atoms with van der Waals surface area (Å²) in [5, 5.41) is 15.5. The maximum Gasteiger partial charge on any atom is 0.322 e. The summed E-state index contributed by atoms with van der Waals surface area (Å²) in [4.78, 5) is 4.38. The first-order valence-corrected chi connectivity index (χ1v) is 8.41. The summed E-state index contributed by atoms with van der Waals surface area (Å²) in [6.07, 6.45) is 8.11. The van der Waals surface area contributed by atoms with Gasteiger partial charge in [0.05, 0.1) is 6.54 Å². The summed E-state index contributed by atoms with van der Waals surface area (Å²) in [5.41, 5.74) is 0.930. The van der Waals surface area contributed by atoms with Gasteiger partial charge in [-0.25, -0.2) is 0 Å². The van der Waals surface area contributed by atoms with E-state index in [0.29, 0.717) is 24.4 Å². The van der Waals surface area contributed by atoms with Gasteiger partial charge in [-0.15, -0.1) is 10.2 Å². The van der Waals surface area contributed by atoms with Crippen molar-refractivity contribution in [2.24, 2.45) is 0 Å². The van der Waals surface area contributed by atoms with Gasteiger partial charge in [-0.3, -0.25) is 0 Å². The van der Waals surface area contributed by atoms with E-state index in [0.717, 1.165) is 11.4 Å². The van der Waals surface area contributed by atoms with E-state index < -0.39 is 0 Å². The minimum atomic E-state index is 0.395. The molecule has 0 atom stereocenters. The van der Waals surface area contributed by atoms with Gasteiger partial charge in [-0.1, -0.05) is 54.8 Å². The van der Waals surface area contributed by atoms with Crippen molar-refractivity contribution in [3.63, 3.8) is 0 Å². The number of nitrogens with one attached hydrogen (secondary N) is 1. The van der Waals surface area contributed by atoms with Crippen molar-refractivity contribution in [2.75, 3.05) is 5.32 Å². The monoisotopic (exact) mass is 324 g/mol. The predicted molar refractivity (Wildman–Crippen MR) is 89.2 cm³/mol. The van der Waals surface area contributed by atoms with Crippen LogP contribution >= 0.6 is 0 Å². The smallest absolute Gasteiger partial charge is 0.322 e. The molecule has 7 nitrogen and oxygen atoms in total. The van der Waals surface area contributed by atoms with Crippen molar-refractivity contribution in [3.8, 4) is 11.4 Å². The highest BCUT2D eigenvalue weighted by Crippen LogP contribution is 2.28. The van der Waals surface area contributed by atoms with Crippen LogP contribution in [0.3, 0.4) is 0 Å². The molecule has 0 saturated heterocycles. The van der Waals surface area contributed by atoms with Gasteiger partial charge < -0.3 is 14.4 Å². The molecule has 0 unspecified atom stereocenters. The van der Waals surface area contributed by atoms with Gasteiger partial charge in [0, 0.05) is 11.6 Å². The molecule has 4 rings (SSSR count). The van der Waals surface area contributed by atoms with Gasteiger partial charge >= 0.3 is 6.01 Å². The minimum Gasteiger partial charge on any atom is -0.330 e. The van der Waals surface area contributed by atoms with Crippen LogP contribution in [-0.2, 0) is 6.54 Å². The maximum absolute atomic E-state index is 5.27. The minimum absolute atomic E-state index is 0.395. The lowest BCUT2D eigenvalue weighted by atomic mass is 9.95. The molecule has 7 heteroatoms. The molecule has 124 valence electrons. The number of hydrogen-bond donors (Lipinski definition) is 1. The molecule has 1 fully saturated rings. The fourth-order valence-corrected chi connectivity index (χ4v) is 3.21. The van der Waals surface area contributed by atoms with Crippen LogP contribution in [0.1, 0.15) is 44.0 Å². The van der Waals surface area contributed by atoms with E-state index in [1.807, 2.05) is 36.7 Å². The average Bonchev–Trinajstić information content (AvgIpc) is 3.31. The summed E-state index contributed by atoms with van der Waals surface area (Å²) in [6, 6.07) is 10.7. The highest BCUT2D eigenvalue weighted by atomic mass is 16.5. The zero-order valence-corrected chi connectivity index (χ0v) is 13.4. The summed E-state index contributed by atoms with van der Waals surface area (Å²) < 4.78 is 7.45. The molecule has 0 radical (unpaired) electrons. The molecule has 0 spiro atoms. The zero-order chi connectivity index (χ0) is 16.2. The zero-order valence-electron chi connectivity index (χ0n) is 13.4. The molecule has 0 amide bonds. The van der Waals surface area contributed by atoms with Crippen LogP contribution in [0.5, 0.6) is 0 Å². The lowest BCUT2D eigenvalue weighted by molar-refractivity contribution is 0.345. The topological polar surface area (TPSA) is 81.7 Å². The van der Waals surface area contributed by atoms with Crippen LogP contribution in [0.15, 0.2) is 41.2 Å². The van der Waals surface area contributed by atoms with Crippen LogP contribution < -0.4 is 5.32 Å². The van der Waals surface area contributed by atoms with Crippen molar-refractivity contribution in [1.29, 1.82) is 0 Å². The van der Waals surface area contributed by atoms with Gasteiger partial charge in [-0.05, 0) is 12.8 Å². The fraction of sp³-hybridized carbons (Fsp3) is 0.412.